The second kappa shape index (κ2) is 10.6. The number of rotatable bonds is 9. The van der Waals surface area contributed by atoms with Gasteiger partial charge in [0.25, 0.3) is 5.91 Å². The maximum atomic E-state index is 11.9. The topological polar surface area (TPSA) is 97.6 Å². The van der Waals surface area contributed by atoms with E-state index in [0.29, 0.717) is 30.0 Å². The van der Waals surface area contributed by atoms with Crippen molar-refractivity contribution in [1.29, 1.82) is 5.26 Å². The monoisotopic (exact) mass is 382 g/mol. The average Bonchev–Trinajstić information content (AvgIpc) is 2.71. The van der Waals surface area contributed by atoms with E-state index in [2.05, 4.69) is 11.4 Å². The molecule has 2 aromatic rings. The number of anilines is 1. The van der Waals surface area contributed by atoms with Crippen molar-refractivity contribution in [2.45, 2.75) is 19.3 Å². The minimum absolute atomic E-state index is 0.111. The Morgan fingerprint density at radius 2 is 1.82 bits per heavy atom. The number of ether oxygens (including phenoxy) is 3. The molecule has 0 heterocycles. The van der Waals surface area contributed by atoms with Crippen LogP contribution < -0.4 is 14.8 Å². The Hall–Kier alpha value is -3.53. The first-order valence-corrected chi connectivity index (χ1v) is 8.68. The van der Waals surface area contributed by atoms with Crippen LogP contribution in [0.2, 0.25) is 0 Å². The molecule has 0 spiro atoms. The van der Waals surface area contributed by atoms with Gasteiger partial charge in [-0.2, -0.15) is 5.26 Å². The van der Waals surface area contributed by atoms with E-state index in [0.717, 1.165) is 11.1 Å². The fourth-order valence-electron chi connectivity index (χ4n) is 2.60. The Balaban J connectivity index is 1.79. The third-order valence-corrected chi connectivity index (χ3v) is 3.97. The highest BCUT2D eigenvalue weighted by Crippen LogP contribution is 2.31. The summed E-state index contributed by atoms with van der Waals surface area (Å²) in [5.41, 5.74) is 2.25. The molecular formula is C21H22N2O5. The molecular weight excluding hydrogens is 360 g/mol. The summed E-state index contributed by atoms with van der Waals surface area (Å²) in [6.45, 7) is -0.367. The molecule has 0 aromatic heterocycles. The second-order valence-corrected chi connectivity index (χ2v) is 5.89. The maximum absolute atomic E-state index is 11.9. The first-order valence-electron chi connectivity index (χ1n) is 8.68. The SMILES string of the molecule is COc1cccc(CCC(=O)OCC(=O)Nc2ccc(CC#N)cc2)c1OC. The highest BCUT2D eigenvalue weighted by molar-refractivity contribution is 5.92. The number of nitrogens with zero attached hydrogens (tertiary/aromatic N) is 1. The number of para-hydroxylation sites is 1. The van der Waals surface area contributed by atoms with Crippen LogP contribution in [-0.4, -0.2) is 32.7 Å². The average molecular weight is 382 g/mol. The zero-order valence-electron chi connectivity index (χ0n) is 15.9. The number of benzene rings is 2. The lowest BCUT2D eigenvalue weighted by Gasteiger charge is -2.12. The molecule has 0 aliphatic carbocycles. The smallest absolute Gasteiger partial charge is 0.306 e. The van der Waals surface area contributed by atoms with E-state index < -0.39 is 11.9 Å². The summed E-state index contributed by atoms with van der Waals surface area (Å²) < 4.78 is 15.6. The molecule has 146 valence electrons. The molecule has 0 saturated carbocycles. The summed E-state index contributed by atoms with van der Waals surface area (Å²) >= 11 is 0. The molecule has 0 atom stereocenters. The fraction of sp³-hybridized carbons (Fsp3) is 0.286. The molecule has 2 aromatic carbocycles. The van der Waals surface area contributed by atoms with E-state index in [4.69, 9.17) is 19.5 Å². The number of hydrogen-bond acceptors (Lipinski definition) is 6. The molecule has 1 N–H and O–H groups in total. The number of aryl methyl sites for hydroxylation is 1. The number of carbonyl (C=O) groups excluding carboxylic acids is 2. The number of nitrogens with one attached hydrogen (secondary N) is 1. The van der Waals surface area contributed by atoms with Gasteiger partial charge in [0.15, 0.2) is 18.1 Å². The van der Waals surface area contributed by atoms with Crippen LogP contribution in [0.5, 0.6) is 11.5 Å². The highest BCUT2D eigenvalue weighted by atomic mass is 16.5. The van der Waals surface area contributed by atoms with E-state index >= 15 is 0 Å². The number of amides is 1. The Morgan fingerprint density at radius 1 is 1.07 bits per heavy atom. The van der Waals surface area contributed by atoms with Gasteiger partial charge in [0, 0.05) is 12.1 Å². The zero-order chi connectivity index (χ0) is 20.4. The normalized spacial score (nSPS) is 9.89. The largest absolute Gasteiger partial charge is 0.493 e. The van der Waals surface area contributed by atoms with Crippen molar-refractivity contribution in [3.8, 4) is 17.6 Å². The molecule has 0 aliphatic rings. The lowest BCUT2D eigenvalue weighted by Crippen LogP contribution is -2.21. The lowest BCUT2D eigenvalue weighted by atomic mass is 10.1. The molecule has 0 fully saturated rings. The first kappa shape index (κ1) is 20.8. The maximum Gasteiger partial charge on any atom is 0.306 e. The number of carbonyl (C=O) groups is 2. The van der Waals surface area contributed by atoms with Crippen LogP contribution in [0.25, 0.3) is 0 Å². The van der Waals surface area contributed by atoms with Gasteiger partial charge < -0.3 is 19.5 Å². The predicted octanol–water partition coefficient (Wildman–Crippen LogP) is 2.88. The number of hydrogen-bond donors (Lipinski definition) is 1. The Kier molecular flexibility index (Phi) is 7.85. The summed E-state index contributed by atoms with van der Waals surface area (Å²) in [5.74, 6) is 0.258. The molecule has 7 nitrogen and oxygen atoms in total. The van der Waals surface area contributed by atoms with Crippen molar-refractivity contribution in [2.24, 2.45) is 0 Å². The van der Waals surface area contributed by atoms with Gasteiger partial charge in [0.1, 0.15) is 0 Å². The molecule has 0 saturated heterocycles. The summed E-state index contributed by atoms with van der Waals surface area (Å²) in [6.07, 6.45) is 0.824. The Morgan fingerprint density at radius 3 is 2.46 bits per heavy atom. The van der Waals surface area contributed by atoms with Gasteiger partial charge in [-0.25, -0.2) is 0 Å². The van der Waals surface area contributed by atoms with Gasteiger partial charge in [0.05, 0.1) is 26.7 Å². The molecule has 0 radical (unpaired) electrons. The molecule has 7 heteroatoms. The van der Waals surface area contributed by atoms with Crippen molar-refractivity contribution < 1.29 is 23.8 Å². The van der Waals surface area contributed by atoms with Crippen LogP contribution >= 0.6 is 0 Å². The van der Waals surface area contributed by atoms with Crippen LogP contribution in [0, 0.1) is 11.3 Å². The minimum atomic E-state index is -0.482. The van der Waals surface area contributed by atoms with Crippen molar-refractivity contribution in [3.05, 3.63) is 53.6 Å². The summed E-state index contributed by atoms with van der Waals surface area (Å²) in [6, 6.07) is 14.4. The summed E-state index contributed by atoms with van der Waals surface area (Å²) in [4.78, 5) is 23.8. The standard InChI is InChI=1S/C21H22N2O5/c1-26-18-5-3-4-16(21(18)27-2)8-11-20(25)28-14-19(24)23-17-9-6-15(7-10-17)12-13-22/h3-7,9-10H,8,11-12,14H2,1-2H3,(H,23,24). The van der Waals surface area contributed by atoms with Gasteiger partial charge in [-0.1, -0.05) is 24.3 Å². The van der Waals surface area contributed by atoms with Crippen LogP contribution in [0.1, 0.15) is 17.5 Å². The van der Waals surface area contributed by atoms with Gasteiger partial charge in [-0.3, -0.25) is 9.59 Å². The molecule has 1 amide bonds. The number of methoxy groups -OCH3 is 2. The lowest BCUT2D eigenvalue weighted by molar-refractivity contribution is -0.147. The van der Waals surface area contributed by atoms with Crippen molar-refractivity contribution in [1.82, 2.24) is 0 Å². The third-order valence-electron chi connectivity index (χ3n) is 3.97. The van der Waals surface area contributed by atoms with Crippen LogP contribution in [0.3, 0.4) is 0 Å². The van der Waals surface area contributed by atoms with E-state index in [9.17, 15) is 9.59 Å². The third kappa shape index (κ3) is 6.02. The first-order chi connectivity index (χ1) is 13.6. The Bertz CT molecular complexity index is 856. The van der Waals surface area contributed by atoms with Gasteiger partial charge in [-0.15, -0.1) is 0 Å². The molecule has 2 rings (SSSR count). The van der Waals surface area contributed by atoms with Crippen molar-refractivity contribution in [2.75, 3.05) is 26.1 Å². The van der Waals surface area contributed by atoms with Gasteiger partial charge >= 0.3 is 5.97 Å². The van der Waals surface area contributed by atoms with E-state index in [1.807, 2.05) is 12.1 Å². The van der Waals surface area contributed by atoms with Crippen molar-refractivity contribution in [3.63, 3.8) is 0 Å². The van der Waals surface area contributed by atoms with E-state index in [-0.39, 0.29) is 13.0 Å². The quantitative estimate of drug-likeness (QED) is 0.670. The van der Waals surface area contributed by atoms with Gasteiger partial charge in [-0.05, 0) is 35.7 Å². The molecule has 0 bridgehead atoms. The summed E-state index contributed by atoms with van der Waals surface area (Å²) in [5, 5.41) is 11.3. The van der Waals surface area contributed by atoms with E-state index in [1.165, 1.54) is 7.11 Å². The fourth-order valence-corrected chi connectivity index (χ4v) is 2.60. The minimum Gasteiger partial charge on any atom is -0.493 e. The van der Waals surface area contributed by atoms with Gasteiger partial charge in [0.2, 0.25) is 0 Å². The van der Waals surface area contributed by atoms with E-state index in [1.54, 1.807) is 37.4 Å². The van der Waals surface area contributed by atoms with Crippen LogP contribution in [0.4, 0.5) is 5.69 Å². The molecule has 0 aliphatic heterocycles. The number of esters is 1. The zero-order valence-corrected chi connectivity index (χ0v) is 15.9. The molecule has 0 unspecified atom stereocenters. The predicted molar refractivity (Wildman–Crippen MR) is 103 cm³/mol. The Labute approximate surface area is 163 Å². The number of nitriles is 1. The molecule has 28 heavy (non-hydrogen) atoms. The van der Waals surface area contributed by atoms with Crippen molar-refractivity contribution >= 4 is 17.6 Å². The summed E-state index contributed by atoms with van der Waals surface area (Å²) in [7, 11) is 3.09. The highest BCUT2D eigenvalue weighted by Gasteiger charge is 2.13. The van der Waals surface area contributed by atoms with Crippen LogP contribution in [0.15, 0.2) is 42.5 Å². The second-order valence-electron chi connectivity index (χ2n) is 5.89. The van der Waals surface area contributed by atoms with Crippen LogP contribution in [-0.2, 0) is 27.2 Å².